The van der Waals surface area contributed by atoms with Crippen molar-refractivity contribution in [1.82, 2.24) is 4.90 Å². The van der Waals surface area contributed by atoms with Gasteiger partial charge in [0, 0.05) is 0 Å². The van der Waals surface area contributed by atoms with Gasteiger partial charge in [0.05, 0.1) is 24.9 Å². The molecular formula is C14H23N2O2+. The van der Waals surface area contributed by atoms with E-state index in [1.165, 1.54) is 24.2 Å². The maximum atomic E-state index is 12.3. The zero-order valence-corrected chi connectivity index (χ0v) is 11.0. The first-order chi connectivity index (χ1) is 8.77. The van der Waals surface area contributed by atoms with Crippen LogP contribution in [0.3, 0.4) is 0 Å². The van der Waals surface area contributed by atoms with Crippen LogP contribution in [0, 0.1) is 11.8 Å². The fraction of sp³-hybridized carbons (Fsp3) is 0.857. The summed E-state index contributed by atoms with van der Waals surface area (Å²) in [7, 11) is 0. The Kier molecular flexibility index (Phi) is 3.37. The molecule has 0 aromatic carbocycles. The molecule has 3 aliphatic rings. The number of rotatable bonds is 2. The van der Waals surface area contributed by atoms with Crippen LogP contribution in [0.2, 0.25) is 0 Å². The Bertz CT molecular complexity index is 326. The van der Waals surface area contributed by atoms with Crippen molar-refractivity contribution < 1.29 is 14.5 Å². The number of amides is 2. The number of carbonyl (C=O) groups excluding carboxylic acids is 2. The van der Waals surface area contributed by atoms with Crippen LogP contribution >= 0.6 is 0 Å². The average Bonchev–Trinajstić information content (AvgIpc) is 2.66. The van der Waals surface area contributed by atoms with Gasteiger partial charge in [0.25, 0.3) is 0 Å². The highest BCUT2D eigenvalue weighted by Gasteiger charge is 2.49. The Morgan fingerprint density at radius 2 is 1.44 bits per heavy atom. The summed E-state index contributed by atoms with van der Waals surface area (Å²) in [4.78, 5) is 27.6. The summed E-state index contributed by atoms with van der Waals surface area (Å²) in [5, 5.41) is 0. The Morgan fingerprint density at radius 3 is 2.00 bits per heavy atom. The second kappa shape index (κ2) is 5.00. The largest absolute Gasteiger partial charge is 0.317 e. The number of piperidine rings is 1. The lowest BCUT2D eigenvalue weighted by Crippen LogP contribution is -3.14. The first-order valence-electron chi connectivity index (χ1n) is 7.46. The third kappa shape index (κ3) is 2.07. The molecule has 2 atom stereocenters. The highest BCUT2D eigenvalue weighted by atomic mass is 16.2. The molecule has 2 aliphatic heterocycles. The summed E-state index contributed by atoms with van der Waals surface area (Å²) < 4.78 is 0. The summed E-state index contributed by atoms with van der Waals surface area (Å²) in [6.07, 6.45) is 7.87. The molecule has 0 aromatic rings. The molecule has 4 heteroatoms. The smallest absolute Gasteiger partial charge is 0.237 e. The molecule has 2 saturated heterocycles. The number of hydrogen-bond donors (Lipinski definition) is 1. The Balaban J connectivity index is 1.68. The van der Waals surface area contributed by atoms with Crippen LogP contribution in [0.4, 0.5) is 0 Å². The molecule has 0 radical (unpaired) electrons. The highest BCUT2D eigenvalue weighted by molar-refractivity contribution is 6.05. The number of likely N-dealkylation sites (tertiary alicyclic amines) is 2. The van der Waals surface area contributed by atoms with Crippen LogP contribution < -0.4 is 4.90 Å². The number of hydrogen-bond acceptors (Lipinski definition) is 2. The number of nitrogens with one attached hydrogen (secondary N) is 1. The molecule has 0 bridgehead atoms. The van der Waals surface area contributed by atoms with E-state index >= 15 is 0 Å². The fourth-order valence-electron chi connectivity index (χ4n) is 3.82. The lowest BCUT2D eigenvalue weighted by atomic mass is 9.81. The summed E-state index contributed by atoms with van der Waals surface area (Å²) in [6.45, 7) is 2.86. The minimum absolute atomic E-state index is 0.0236. The van der Waals surface area contributed by atoms with Crippen molar-refractivity contribution in [1.29, 1.82) is 0 Å². The van der Waals surface area contributed by atoms with E-state index in [0.29, 0.717) is 6.67 Å². The van der Waals surface area contributed by atoms with Gasteiger partial charge in [-0.2, -0.15) is 0 Å². The predicted octanol–water partition coefficient (Wildman–Crippen LogP) is 0.188. The van der Waals surface area contributed by atoms with Gasteiger partial charge in [-0.3, -0.25) is 9.59 Å². The van der Waals surface area contributed by atoms with Crippen LogP contribution in [0.1, 0.15) is 44.9 Å². The molecule has 18 heavy (non-hydrogen) atoms. The topological polar surface area (TPSA) is 41.8 Å². The van der Waals surface area contributed by atoms with Crippen molar-refractivity contribution in [3.8, 4) is 0 Å². The molecule has 3 rings (SSSR count). The van der Waals surface area contributed by atoms with Crippen LogP contribution in [0.15, 0.2) is 0 Å². The fourth-order valence-corrected chi connectivity index (χ4v) is 3.82. The van der Waals surface area contributed by atoms with Crippen molar-refractivity contribution in [3.05, 3.63) is 0 Å². The monoisotopic (exact) mass is 251 g/mol. The van der Waals surface area contributed by atoms with Crippen LogP contribution in [0.5, 0.6) is 0 Å². The number of imide groups is 1. The zero-order valence-electron chi connectivity index (χ0n) is 11.0. The van der Waals surface area contributed by atoms with E-state index < -0.39 is 0 Å². The minimum atomic E-state index is 0.0236. The maximum absolute atomic E-state index is 12.3. The van der Waals surface area contributed by atoms with E-state index in [1.807, 2.05) is 0 Å². The SMILES string of the molecule is O=C1[C@H]2CCCC[C@@H]2C(=O)N1C[NH+]1CCCCC1. The summed E-state index contributed by atoms with van der Waals surface area (Å²) >= 11 is 0. The second-order valence-electron chi connectivity index (χ2n) is 6.07. The number of nitrogens with zero attached hydrogens (tertiary/aromatic N) is 1. The average molecular weight is 251 g/mol. The van der Waals surface area contributed by atoms with Gasteiger partial charge in [-0.1, -0.05) is 12.8 Å². The predicted molar refractivity (Wildman–Crippen MR) is 66.7 cm³/mol. The molecule has 0 spiro atoms. The Morgan fingerprint density at radius 1 is 0.889 bits per heavy atom. The third-order valence-corrected chi connectivity index (χ3v) is 4.87. The van der Waals surface area contributed by atoms with E-state index in [9.17, 15) is 9.59 Å². The first kappa shape index (κ1) is 12.2. The van der Waals surface area contributed by atoms with Crippen LogP contribution in [0.25, 0.3) is 0 Å². The van der Waals surface area contributed by atoms with Crippen molar-refractivity contribution >= 4 is 11.8 Å². The number of carbonyl (C=O) groups is 2. The van der Waals surface area contributed by atoms with Gasteiger partial charge in [0.1, 0.15) is 0 Å². The van der Waals surface area contributed by atoms with Crippen LogP contribution in [-0.2, 0) is 9.59 Å². The van der Waals surface area contributed by atoms with Gasteiger partial charge in [-0.15, -0.1) is 0 Å². The molecule has 1 aliphatic carbocycles. The molecule has 1 N–H and O–H groups in total. The van der Waals surface area contributed by atoms with Gasteiger partial charge in [-0.05, 0) is 32.1 Å². The normalized spacial score (nSPS) is 33.9. The molecule has 3 fully saturated rings. The Labute approximate surface area is 108 Å². The van der Waals surface area contributed by atoms with E-state index in [4.69, 9.17) is 0 Å². The van der Waals surface area contributed by atoms with Gasteiger partial charge in [0.2, 0.25) is 11.8 Å². The van der Waals surface area contributed by atoms with Crippen molar-refractivity contribution in [2.45, 2.75) is 44.9 Å². The lowest BCUT2D eigenvalue weighted by molar-refractivity contribution is -0.912. The molecule has 100 valence electrons. The van der Waals surface area contributed by atoms with Crippen molar-refractivity contribution in [3.63, 3.8) is 0 Å². The van der Waals surface area contributed by atoms with Gasteiger partial charge < -0.3 is 4.90 Å². The van der Waals surface area contributed by atoms with Crippen molar-refractivity contribution in [2.24, 2.45) is 11.8 Å². The molecule has 2 heterocycles. The quantitative estimate of drug-likeness (QED) is 0.712. The molecule has 4 nitrogen and oxygen atoms in total. The Hall–Kier alpha value is -0.900. The summed E-state index contributed by atoms with van der Waals surface area (Å²) in [5.74, 6) is 0.302. The molecule has 0 unspecified atom stereocenters. The molecule has 2 amide bonds. The van der Waals surface area contributed by atoms with Crippen LogP contribution in [-0.4, -0.2) is 36.5 Å². The summed E-state index contributed by atoms with van der Waals surface area (Å²) in [5.41, 5.74) is 0. The lowest BCUT2D eigenvalue weighted by Gasteiger charge is -2.27. The number of fused-ring (bicyclic) bond motifs is 1. The second-order valence-corrected chi connectivity index (χ2v) is 6.07. The van der Waals surface area contributed by atoms with E-state index in [2.05, 4.69) is 0 Å². The minimum Gasteiger partial charge on any atom is -0.317 e. The standard InChI is InChI=1S/C14H22N2O2/c17-13-11-6-2-3-7-12(11)14(18)16(13)10-15-8-4-1-5-9-15/h11-12H,1-10H2/p+1/t11-,12-/m0/s1. The zero-order chi connectivity index (χ0) is 12.5. The molecule has 1 saturated carbocycles. The highest BCUT2D eigenvalue weighted by Crippen LogP contribution is 2.37. The molecular weight excluding hydrogens is 228 g/mol. The first-order valence-corrected chi connectivity index (χ1v) is 7.46. The van der Waals surface area contributed by atoms with E-state index in [-0.39, 0.29) is 23.7 Å². The van der Waals surface area contributed by atoms with Gasteiger partial charge >= 0.3 is 0 Å². The van der Waals surface area contributed by atoms with E-state index in [1.54, 1.807) is 4.90 Å². The molecule has 0 aromatic heterocycles. The van der Waals surface area contributed by atoms with E-state index in [0.717, 1.165) is 38.8 Å². The third-order valence-electron chi connectivity index (χ3n) is 4.87. The van der Waals surface area contributed by atoms with Gasteiger partial charge in [-0.25, -0.2) is 4.90 Å². The van der Waals surface area contributed by atoms with Crippen molar-refractivity contribution in [2.75, 3.05) is 19.8 Å². The number of quaternary nitrogens is 1. The maximum Gasteiger partial charge on any atom is 0.237 e. The van der Waals surface area contributed by atoms with Gasteiger partial charge in [0.15, 0.2) is 6.67 Å². The summed E-state index contributed by atoms with van der Waals surface area (Å²) in [6, 6.07) is 0.